The van der Waals surface area contributed by atoms with E-state index in [1.807, 2.05) is 25.5 Å². The normalized spacial score (nSPS) is 12.7. The van der Waals surface area contributed by atoms with Crippen LogP contribution in [0.5, 0.6) is 0 Å². The highest BCUT2D eigenvalue weighted by Gasteiger charge is 2.13. The lowest BCUT2D eigenvalue weighted by Gasteiger charge is -2.16. The number of aryl methyl sites for hydroxylation is 1. The quantitative estimate of drug-likeness (QED) is 0.780. The Morgan fingerprint density at radius 1 is 1.10 bits per heavy atom. The lowest BCUT2D eigenvalue weighted by molar-refractivity contribution is 0.535. The molecule has 0 fully saturated rings. The fraction of sp³-hybridized carbons (Fsp3) is 0.294. The van der Waals surface area contributed by atoms with Gasteiger partial charge in [-0.25, -0.2) is 4.98 Å². The van der Waals surface area contributed by atoms with Gasteiger partial charge >= 0.3 is 0 Å². The Morgan fingerprint density at radius 2 is 1.86 bits per heavy atom. The molecule has 0 aliphatic heterocycles. The molecule has 108 valence electrons. The van der Waals surface area contributed by atoms with Gasteiger partial charge in [0.25, 0.3) is 0 Å². The second-order valence-electron chi connectivity index (χ2n) is 5.33. The molecule has 3 rings (SSSR count). The fourth-order valence-electron chi connectivity index (χ4n) is 2.68. The molecule has 4 nitrogen and oxygen atoms in total. The molecule has 2 heterocycles. The van der Waals surface area contributed by atoms with Crippen molar-refractivity contribution >= 4 is 11.0 Å². The van der Waals surface area contributed by atoms with Crippen LogP contribution in [-0.4, -0.2) is 27.6 Å². The molecule has 3 aromatic rings. The first-order valence-electron chi connectivity index (χ1n) is 7.24. The second kappa shape index (κ2) is 6.06. The number of likely N-dealkylation sites (N-methyl/N-ethyl adjacent to an activating group) is 1. The number of rotatable bonds is 5. The average molecular weight is 280 g/mol. The van der Waals surface area contributed by atoms with Gasteiger partial charge in [-0.05, 0) is 43.3 Å². The lowest BCUT2D eigenvalue weighted by Crippen LogP contribution is -2.31. The number of pyridine rings is 1. The summed E-state index contributed by atoms with van der Waals surface area (Å²) in [4.78, 5) is 8.82. The third-order valence-corrected chi connectivity index (χ3v) is 3.95. The first-order valence-corrected chi connectivity index (χ1v) is 7.24. The molecule has 0 bridgehead atoms. The van der Waals surface area contributed by atoms with Crippen molar-refractivity contribution in [3.05, 3.63) is 60.2 Å². The van der Waals surface area contributed by atoms with Crippen molar-refractivity contribution < 1.29 is 0 Å². The van der Waals surface area contributed by atoms with Gasteiger partial charge in [0.2, 0.25) is 0 Å². The number of hydrogen-bond donors (Lipinski definition) is 1. The second-order valence-corrected chi connectivity index (χ2v) is 5.33. The maximum absolute atomic E-state index is 4.75. The first kappa shape index (κ1) is 13.8. The summed E-state index contributed by atoms with van der Waals surface area (Å²) in [5, 5.41) is 3.40. The van der Waals surface area contributed by atoms with Gasteiger partial charge in [0.15, 0.2) is 0 Å². The number of para-hydroxylation sites is 2. The SMILES string of the molecule is CNC(Cc1ccncc1)Cc1nc2ccccc2n1C. The van der Waals surface area contributed by atoms with Gasteiger partial charge in [-0.2, -0.15) is 0 Å². The van der Waals surface area contributed by atoms with Gasteiger partial charge in [-0.15, -0.1) is 0 Å². The fourth-order valence-corrected chi connectivity index (χ4v) is 2.68. The maximum Gasteiger partial charge on any atom is 0.111 e. The zero-order chi connectivity index (χ0) is 14.7. The summed E-state index contributed by atoms with van der Waals surface area (Å²) in [5.74, 6) is 1.12. The Hall–Kier alpha value is -2.20. The van der Waals surface area contributed by atoms with Crippen LogP contribution in [0.15, 0.2) is 48.8 Å². The number of imidazole rings is 1. The molecule has 1 unspecified atom stereocenters. The van der Waals surface area contributed by atoms with Crippen molar-refractivity contribution in [2.75, 3.05) is 7.05 Å². The molecule has 0 radical (unpaired) electrons. The molecule has 0 aliphatic carbocycles. The zero-order valence-corrected chi connectivity index (χ0v) is 12.5. The van der Waals surface area contributed by atoms with Crippen LogP contribution in [0.1, 0.15) is 11.4 Å². The lowest BCUT2D eigenvalue weighted by atomic mass is 10.0. The predicted octanol–water partition coefficient (Wildman–Crippen LogP) is 2.34. The summed E-state index contributed by atoms with van der Waals surface area (Å²) >= 11 is 0. The Labute approximate surface area is 124 Å². The van der Waals surface area contributed by atoms with Crippen LogP contribution in [0, 0.1) is 0 Å². The topological polar surface area (TPSA) is 42.7 Å². The van der Waals surface area contributed by atoms with Gasteiger partial charge in [-0.3, -0.25) is 4.98 Å². The van der Waals surface area contributed by atoms with Gasteiger partial charge < -0.3 is 9.88 Å². The van der Waals surface area contributed by atoms with Crippen LogP contribution in [0.2, 0.25) is 0 Å². The third kappa shape index (κ3) is 2.95. The minimum atomic E-state index is 0.364. The van der Waals surface area contributed by atoms with E-state index in [9.17, 15) is 0 Å². The van der Waals surface area contributed by atoms with E-state index in [1.165, 1.54) is 11.1 Å². The highest BCUT2D eigenvalue weighted by molar-refractivity contribution is 5.75. The summed E-state index contributed by atoms with van der Waals surface area (Å²) in [6, 6.07) is 12.8. The van der Waals surface area contributed by atoms with E-state index in [2.05, 4.69) is 52.2 Å². The number of nitrogens with one attached hydrogen (secondary N) is 1. The Kier molecular flexibility index (Phi) is 3.97. The standard InChI is InChI=1S/C17H20N4/c1-18-14(11-13-7-9-19-10-8-13)12-17-20-15-5-3-4-6-16(15)21(17)2/h3-10,14,18H,11-12H2,1-2H3. The minimum absolute atomic E-state index is 0.364. The Bertz CT molecular complexity index is 718. The molecule has 0 spiro atoms. The molecule has 2 aromatic heterocycles. The molecule has 1 aromatic carbocycles. The number of nitrogens with zero attached hydrogens (tertiary/aromatic N) is 3. The molecule has 1 atom stereocenters. The average Bonchev–Trinajstić information content (AvgIpc) is 2.84. The summed E-state index contributed by atoms with van der Waals surface area (Å²) in [5.41, 5.74) is 3.54. The van der Waals surface area contributed by atoms with Gasteiger partial charge in [0.1, 0.15) is 5.82 Å². The smallest absolute Gasteiger partial charge is 0.111 e. The minimum Gasteiger partial charge on any atom is -0.331 e. The number of aromatic nitrogens is 3. The van der Waals surface area contributed by atoms with Gasteiger partial charge in [0.05, 0.1) is 11.0 Å². The monoisotopic (exact) mass is 280 g/mol. The Morgan fingerprint density at radius 3 is 2.57 bits per heavy atom. The molecule has 4 heteroatoms. The van der Waals surface area contributed by atoms with Crippen molar-refractivity contribution in [3.8, 4) is 0 Å². The van der Waals surface area contributed by atoms with Crippen LogP contribution in [0.4, 0.5) is 0 Å². The molecule has 0 aliphatic rings. The summed E-state index contributed by atoms with van der Waals surface area (Å²) < 4.78 is 2.19. The summed E-state index contributed by atoms with van der Waals surface area (Å²) in [6.07, 6.45) is 5.57. The molecule has 0 amide bonds. The summed E-state index contributed by atoms with van der Waals surface area (Å²) in [7, 11) is 4.10. The number of fused-ring (bicyclic) bond motifs is 1. The largest absolute Gasteiger partial charge is 0.331 e. The first-order chi connectivity index (χ1) is 10.3. The molecular formula is C17H20N4. The van der Waals surface area contributed by atoms with Crippen molar-refractivity contribution in [1.29, 1.82) is 0 Å². The zero-order valence-electron chi connectivity index (χ0n) is 12.5. The van der Waals surface area contributed by atoms with Crippen molar-refractivity contribution in [2.24, 2.45) is 7.05 Å². The van der Waals surface area contributed by atoms with E-state index >= 15 is 0 Å². The maximum atomic E-state index is 4.75. The molecule has 1 N–H and O–H groups in total. The van der Waals surface area contributed by atoms with E-state index in [1.54, 1.807) is 0 Å². The van der Waals surface area contributed by atoms with Gasteiger partial charge in [-0.1, -0.05) is 12.1 Å². The highest BCUT2D eigenvalue weighted by atomic mass is 15.1. The number of benzene rings is 1. The highest BCUT2D eigenvalue weighted by Crippen LogP contribution is 2.16. The van der Waals surface area contributed by atoms with E-state index in [4.69, 9.17) is 4.98 Å². The van der Waals surface area contributed by atoms with E-state index in [0.717, 1.165) is 24.2 Å². The van der Waals surface area contributed by atoms with Gasteiger partial charge in [0, 0.05) is 31.9 Å². The predicted molar refractivity (Wildman–Crippen MR) is 85.2 cm³/mol. The van der Waals surface area contributed by atoms with Crippen molar-refractivity contribution in [3.63, 3.8) is 0 Å². The van der Waals surface area contributed by atoms with Crippen LogP contribution in [-0.2, 0) is 19.9 Å². The molecule has 0 saturated carbocycles. The molecule has 0 saturated heterocycles. The van der Waals surface area contributed by atoms with Crippen LogP contribution < -0.4 is 5.32 Å². The summed E-state index contributed by atoms with van der Waals surface area (Å²) in [6.45, 7) is 0. The molecular weight excluding hydrogens is 260 g/mol. The van der Waals surface area contributed by atoms with Crippen LogP contribution in [0.3, 0.4) is 0 Å². The third-order valence-electron chi connectivity index (χ3n) is 3.95. The molecule has 21 heavy (non-hydrogen) atoms. The van der Waals surface area contributed by atoms with Crippen LogP contribution in [0.25, 0.3) is 11.0 Å². The van der Waals surface area contributed by atoms with E-state index in [-0.39, 0.29) is 0 Å². The van der Waals surface area contributed by atoms with Crippen molar-refractivity contribution in [1.82, 2.24) is 19.9 Å². The van der Waals surface area contributed by atoms with Crippen LogP contribution >= 0.6 is 0 Å². The van der Waals surface area contributed by atoms with E-state index < -0.39 is 0 Å². The number of hydrogen-bond acceptors (Lipinski definition) is 3. The van der Waals surface area contributed by atoms with E-state index in [0.29, 0.717) is 6.04 Å². The Balaban J connectivity index is 1.81. The van der Waals surface area contributed by atoms with Crippen molar-refractivity contribution in [2.45, 2.75) is 18.9 Å².